The Bertz CT molecular complexity index is 440. The Balaban J connectivity index is 1.85. The quantitative estimate of drug-likeness (QED) is 0.714. The van der Waals surface area contributed by atoms with E-state index in [1.54, 1.807) is 0 Å². The van der Waals surface area contributed by atoms with Crippen molar-refractivity contribution in [3.05, 3.63) is 35.4 Å². The van der Waals surface area contributed by atoms with Crippen LogP contribution in [0, 0.1) is 11.8 Å². The minimum Gasteiger partial charge on any atom is -0.303 e. The summed E-state index contributed by atoms with van der Waals surface area (Å²) in [4.78, 5) is 2.70. The third-order valence-corrected chi connectivity index (χ3v) is 5.15. The van der Waals surface area contributed by atoms with Crippen LogP contribution in [-0.4, -0.2) is 24.5 Å². The largest absolute Gasteiger partial charge is 0.303 e. The van der Waals surface area contributed by atoms with E-state index in [1.807, 2.05) is 0 Å². The topological polar surface area (TPSA) is 3.24 Å². The Labute approximate surface area is 138 Å². The molecule has 1 heteroatoms. The second kappa shape index (κ2) is 7.64. The minimum absolute atomic E-state index is 0.257. The highest BCUT2D eigenvalue weighted by Gasteiger charge is 2.20. The highest BCUT2D eigenvalue weighted by atomic mass is 15.1. The summed E-state index contributed by atoms with van der Waals surface area (Å²) in [6, 6.07) is 9.30. The summed E-state index contributed by atoms with van der Waals surface area (Å²) in [5.74, 6) is 1.68. The zero-order valence-corrected chi connectivity index (χ0v) is 15.4. The van der Waals surface area contributed by atoms with Crippen molar-refractivity contribution in [1.82, 2.24) is 4.90 Å². The number of likely N-dealkylation sites (tertiary alicyclic amines) is 1. The zero-order valence-electron chi connectivity index (χ0n) is 15.4. The highest BCUT2D eigenvalue weighted by Crippen LogP contribution is 2.24. The van der Waals surface area contributed by atoms with E-state index in [1.165, 1.54) is 56.4 Å². The average molecular weight is 302 g/mol. The van der Waals surface area contributed by atoms with Crippen LogP contribution in [0.1, 0.15) is 65.0 Å². The molecular formula is C21H35N. The number of piperidine rings is 1. The van der Waals surface area contributed by atoms with E-state index in [0.29, 0.717) is 0 Å². The lowest BCUT2D eigenvalue weighted by molar-refractivity contribution is 0.152. The molecule has 1 aromatic rings. The van der Waals surface area contributed by atoms with Gasteiger partial charge in [0.15, 0.2) is 0 Å². The maximum Gasteiger partial charge on any atom is 0.00103 e. The number of hydrogen-bond donors (Lipinski definition) is 0. The number of nitrogens with zero attached hydrogens (tertiary/aromatic N) is 1. The van der Waals surface area contributed by atoms with Crippen LogP contribution in [0.3, 0.4) is 0 Å². The fraction of sp³-hybridized carbons (Fsp3) is 0.714. The Kier molecular flexibility index (Phi) is 6.09. The maximum atomic E-state index is 2.70. The van der Waals surface area contributed by atoms with Gasteiger partial charge in [0, 0.05) is 13.1 Å². The number of benzene rings is 1. The molecule has 0 N–H and O–H groups in total. The third-order valence-electron chi connectivity index (χ3n) is 5.15. The molecule has 2 rings (SSSR count). The van der Waals surface area contributed by atoms with E-state index < -0.39 is 0 Å². The molecular weight excluding hydrogens is 266 g/mol. The second-order valence-electron chi connectivity index (χ2n) is 8.43. The summed E-state index contributed by atoms with van der Waals surface area (Å²) in [6.45, 7) is 15.5. The van der Waals surface area contributed by atoms with E-state index in [9.17, 15) is 0 Å². The van der Waals surface area contributed by atoms with Crippen LogP contribution in [0.5, 0.6) is 0 Å². The lowest BCUT2D eigenvalue weighted by Crippen LogP contribution is -2.38. The first-order valence-electron chi connectivity index (χ1n) is 9.20. The molecule has 0 bridgehead atoms. The molecule has 1 aliphatic rings. The third kappa shape index (κ3) is 5.12. The van der Waals surface area contributed by atoms with Crippen molar-refractivity contribution >= 4 is 0 Å². The molecule has 0 amide bonds. The van der Waals surface area contributed by atoms with Crippen molar-refractivity contribution in [3.63, 3.8) is 0 Å². The van der Waals surface area contributed by atoms with Crippen molar-refractivity contribution in [1.29, 1.82) is 0 Å². The van der Waals surface area contributed by atoms with Gasteiger partial charge in [-0.25, -0.2) is 0 Å². The van der Waals surface area contributed by atoms with Gasteiger partial charge in [0.05, 0.1) is 0 Å². The van der Waals surface area contributed by atoms with Crippen molar-refractivity contribution in [3.8, 4) is 0 Å². The summed E-state index contributed by atoms with van der Waals surface area (Å²) in [7, 11) is 0. The number of rotatable bonds is 5. The van der Waals surface area contributed by atoms with Gasteiger partial charge in [0.2, 0.25) is 0 Å². The van der Waals surface area contributed by atoms with E-state index >= 15 is 0 Å². The fourth-order valence-electron chi connectivity index (χ4n) is 3.70. The summed E-state index contributed by atoms with van der Waals surface area (Å²) >= 11 is 0. The molecule has 1 nitrogen and oxygen atoms in total. The second-order valence-corrected chi connectivity index (χ2v) is 8.43. The van der Waals surface area contributed by atoms with Crippen molar-refractivity contribution in [2.75, 3.05) is 19.6 Å². The maximum absolute atomic E-state index is 2.70. The van der Waals surface area contributed by atoms with Gasteiger partial charge in [-0.3, -0.25) is 0 Å². The first-order valence-corrected chi connectivity index (χ1v) is 9.20. The van der Waals surface area contributed by atoms with Gasteiger partial charge in [-0.1, -0.05) is 65.3 Å². The van der Waals surface area contributed by atoms with Gasteiger partial charge < -0.3 is 4.90 Å². The molecule has 1 saturated heterocycles. The van der Waals surface area contributed by atoms with Gasteiger partial charge in [-0.05, 0) is 54.2 Å². The van der Waals surface area contributed by atoms with Crippen molar-refractivity contribution in [2.45, 2.75) is 65.7 Å². The normalized spacial score (nSPS) is 21.8. The van der Waals surface area contributed by atoms with Gasteiger partial charge >= 0.3 is 0 Å². The standard InChI is InChI=1S/C21H35N/c1-6-18-8-7-13-22(16-18)15-17(2)14-19-9-11-20(12-10-19)21(3,4)5/h9-12,17-18H,6-8,13-16H2,1-5H3. The van der Waals surface area contributed by atoms with Crippen LogP contribution < -0.4 is 0 Å². The number of hydrogen-bond acceptors (Lipinski definition) is 1. The molecule has 0 aromatic heterocycles. The van der Waals surface area contributed by atoms with Crippen LogP contribution in [0.25, 0.3) is 0 Å². The lowest BCUT2D eigenvalue weighted by atomic mass is 9.86. The van der Waals surface area contributed by atoms with Gasteiger partial charge in [0.25, 0.3) is 0 Å². The van der Waals surface area contributed by atoms with Crippen molar-refractivity contribution < 1.29 is 0 Å². The van der Waals surface area contributed by atoms with Gasteiger partial charge in [0.1, 0.15) is 0 Å². The van der Waals surface area contributed by atoms with Crippen LogP contribution in [0.15, 0.2) is 24.3 Å². The molecule has 2 unspecified atom stereocenters. The highest BCUT2D eigenvalue weighted by molar-refractivity contribution is 5.27. The Hall–Kier alpha value is -0.820. The Morgan fingerprint density at radius 2 is 1.86 bits per heavy atom. The molecule has 0 aliphatic carbocycles. The zero-order chi connectivity index (χ0) is 16.2. The predicted octanol–water partition coefficient (Wildman–Crippen LogP) is 5.28. The van der Waals surface area contributed by atoms with E-state index in [4.69, 9.17) is 0 Å². The molecule has 22 heavy (non-hydrogen) atoms. The molecule has 2 atom stereocenters. The molecule has 0 spiro atoms. The monoisotopic (exact) mass is 301 g/mol. The van der Waals surface area contributed by atoms with Gasteiger partial charge in [-0.15, -0.1) is 0 Å². The SMILES string of the molecule is CCC1CCCN(CC(C)Cc2ccc(C(C)(C)C)cc2)C1. The average Bonchev–Trinajstić information content (AvgIpc) is 2.47. The summed E-state index contributed by atoms with van der Waals surface area (Å²) < 4.78 is 0. The van der Waals surface area contributed by atoms with Gasteiger partial charge in [-0.2, -0.15) is 0 Å². The summed E-state index contributed by atoms with van der Waals surface area (Å²) in [6.07, 6.45) is 5.39. The molecule has 0 saturated carbocycles. The van der Waals surface area contributed by atoms with E-state index in [-0.39, 0.29) is 5.41 Å². The van der Waals surface area contributed by atoms with Crippen LogP contribution in [0.2, 0.25) is 0 Å². The molecule has 1 aromatic carbocycles. The fourth-order valence-corrected chi connectivity index (χ4v) is 3.70. The minimum atomic E-state index is 0.257. The molecule has 1 heterocycles. The van der Waals surface area contributed by atoms with Crippen LogP contribution in [-0.2, 0) is 11.8 Å². The predicted molar refractivity (Wildman–Crippen MR) is 97.5 cm³/mol. The summed E-state index contributed by atoms with van der Waals surface area (Å²) in [5.41, 5.74) is 3.18. The molecule has 1 aliphatic heterocycles. The molecule has 0 radical (unpaired) electrons. The molecule has 124 valence electrons. The summed E-state index contributed by atoms with van der Waals surface area (Å²) in [5, 5.41) is 0. The van der Waals surface area contributed by atoms with Crippen LogP contribution in [0.4, 0.5) is 0 Å². The van der Waals surface area contributed by atoms with Crippen LogP contribution >= 0.6 is 0 Å². The smallest absolute Gasteiger partial charge is 0.00103 e. The lowest BCUT2D eigenvalue weighted by Gasteiger charge is -2.34. The van der Waals surface area contributed by atoms with E-state index in [0.717, 1.165) is 11.8 Å². The van der Waals surface area contributed by atoms with E-state index in [2.05, 4.69) is 63.8 Å². The molecule has 1 fully saturated rings. The first-order chi connectivity index (χ1) is 10.4. The first kappa shape index (κ1) is 17.5. The Morgan fingerprint density at radius 3 is 2.45 bits per heavy atom. The Morgan fingerprint density at radius 1 is 1.18 bits per heavy atom. The van der Waals surface area contributed by atoms with Crippen molar-refractivity contribution in [2.24, 2.45) is 11.8 Å².